The largest absolute Gasteiger partial charge is 0.507 e. The van der Waals surface area contributed by atoms with Gasteiger partial charge in [-0.15, -0.1) is 0 Å². The Morgan fingerprint density at radius 2 is 2.20 bits per heavy atom. The Morgan fingerprint density at radius 3 is 2.80 bits per heavy atom. The molecule has 1 aromatic rings. The summed E-state index contributed by atoms with van der Waals surface area (Å²) in [6.07, 6.45) is 0.994. The van der Waals surface area contributed by atoms with Crippen molar-refractivity contribution < 1.29 is 9.90 Å². The standard InChI is InChI=1S/C9H9N3O2S/c10-9(15)12-11-5-8(14)6-3-1-2-4-7(6)13/h1-5,13H,(H3,10,12,15)/b11-5-. The van der Waals surface area contributed by atoms with Gasteiger partial charge in [0, 0.05) is 0 Å². The van der Waals surface area contributed by atoms with Crippen molar-refractivity contribution in [1.29, 1.82) is 0 Å². The summed E-state index contributed by atoms with van der Waals surface area (Å²) in [6, 6.07) is 6.17. The lowest BCUT2D eigenvalue weighted by Gasteiger charge is -1.98. The van der Waals surface area contributed by atoms with Gasteiger partial charge >= 0.3 is 0 Å². The quantitative estimate of drug-likeness (QED) is 0.299. The average molecular weight is 223 g/mol. The molecule has 4 N–H and O–H groups in total. The number of benzene rings is 1. The summed E-state index contributed by atoms with van der Waals surface area (Å²) in [5, 5.41) is 12.8. The van der Waals surface area contributed by atoms with Crippen LogP contribution in [0.2, 0.25) is 0 Å². The van der Waals surface area contributed by atoms with Gasteiger partial charge in [0.15, 0.2) is 5.11 Å². The lowest BCUT2D eigenvalue weighted by atomic mass is 10.1. The van der Waals surface area contributed by atoms with Crippen molar-refractivity contribution in [1.82, 2.24) is 5.43 Å². The van der Waals surface area contributed by atoms with E-state index in [2.05, 4.69) is 22.7 Å². The summed E-state index contributed by atoms with van der Waals surface area (Å²) in [7, 11) is 0. The molecule has 0 saturated heterocycles. The summed E-state index contributed by atoms with van der Waals surface area (Å²) >= 11 is 4.48. The third-order valence-electron chi connectivity index (χ3n) is 1.53. The molecule has 78 valence electrons. The molecule has 6 heteroatoms. The third-order valence-corrected chi connectivity index (χ3v) is 1.62. The number of nitrogens with one attached hydrogen (secondary N) is 1. The van der Waals surface area contributed by atoms with Crippen LogP contribution in [0.3, 0.4) is 0 Å². The van der Waals surface area contributed by atoms with Crippen LogP contribution in [0.4, 0.5) is 0 Å². The van der Waals surface area contributed by atoms with Crippen molar-refractivity contribution in [3.05, 3.63) is 29.8 Å². The van der Waals surface area contributed by atoms with Crippen LogP contribution in [0.5, 0.6) is 5.75 Å². The number of aromatic hydroxyl groups is 1. The van der Waals surface area contributed by atoms with E-state index in [0.29, 0.717) is 0 Å². The number of hydrogen-bond donors (Lipinski definition) is 3. The van der Waals surface area contributed by atoms with E-state index in [1.807, 2.05) is 0 Å². The number of para-hydroxylation sites is 1. The maximum Gasteiger partial charge on any atom is 0.209 e. The number of carbonyl (C=O) groups is 1. The van der Waals surface area contributed by atoms with Crippen molar-refractivity contribution in [3.8, 4) is 5.75 Å². The minimum absolute atomic E-state index is 0.0312. The summed E-state index contributed by atoms with van der Waals surface area (Å²) in [6.45, 7) is 0. The van der Waals surface area contributed by atoms with Crippen LogP contribution < -0.4 is 11.2 Å². The number of carbonyl (C=O) groups excluding carboxylic acids is 1. The molecule has 0 aliphatic heterocycles. The minimum Gasteiger partial charge on any atom is -0.507 e. The van der Waals surface area contributed by atoms with Crippen LogP contribution >= 0.6 is 12.2 Å². The zero-order chi connectivity index (χ0) is 11.3. The number of thiocarbonyl (C=S) groups is 1. The molecule has 5 nitrogen and oxygen atoms in total. The smallest absolute Gasteiger partial charge is 0.209 e. The van der Waals surface area contributed by atoms with Gasteiger partial charge in [0.1, 0.15) is 5.75 Å². The first-order valence-corrected chi connectivity index (χ1v) is 4.43. The van der Waals surface area contributed by atoms with E-state index >= 15 is 0 Å². The van der Waals surface area contributed by atoms with E-state index in [0.717, 1.165) is 6.21 Å². The molecule has 0 radical (unpaired) electrons. The molecule has 0 aliphatic rings. The first kappa shape index (κ1) is 11.1. The minimum atomic E-state index is -0.433. The Balaban J connectivity index is 2.74. The van der Waals surface area contributed by atoms with Crippen molar-refractivity contribution in [2.24, 2.45) is 10.8 Å². The van der Waals surface area contributed by atoms with Crippen LogP contribution in [0.15, 0.2) is 29.4 Å². The normalized spacial score (nSPS) is 10.1. The Hall–Kier alpha value is -1.95. The Bertz CT molecular complexity index is 418. The maximum absolute atomic E-state index is 11.4. The average Bonchev–Trinajstić information content (AvgIpc) is 2.17. The van der Waals surface area contributed by atoms with E-state index in [1.165, 1.54) is 12.1 Å². The zero-order valence-electron chi connectivity index (χ0n) is 7.68. The molecular formula is C9H9N3O2S. The first-order valence-electron chi connectivity index (χ1n) is 4.02. The van der Waals surface area contributed by atoms with Crippen LogP contribution in [0.25, 0.3) is 0 Å². The summed E-state index contributed by atoms with van der Waals surface area (Å²) in [4.78, 5) is 11.4. The van der Waals surface area contributed by atoms with Gasteiger partial charge in [-0.1, -0.05) is 12.1 Å². The lowest BCUT2D eigenvalue weighted by molar-refractivity contribution is 0.106. The second-order valence-corrected chi connectivity index (χ2v) is 3.06. The number of Topliss-reactive ketones (excluding diaryl/α,β-unsaturated/α-hetero) is 1. The predicted molar refractivity (Wildman–Crippen MR) is 60.9 cm³/mol. The molecule has 15 heavy (non-hydrogen) atoms. The first-order chi connectivity index (χ1) is 7.11. The molecule has 1 aromatic carbocycles. The highest BCUT2D eigenvalue weighted by molar-refractivity contribution is 7.80. The summed E-state index contributed by atoms with van der Waals surface area (Å²) in [5.74, 6) is -0.527. The van der Waals surface area contributed by atoms with Gasteiger partial charge in [0.05, 0.1) is 11.8 Å². The van der Waals surface area contributed by atoms with Gasteiger partial charge in [-0.25, -0.2) is 0 Å². The molecule has 0 spiro atoms. The highest BCUT2D eigenvalue weighted by Crippen LogP contribution is 2.14. The number of hydrazone groups is 1. The summed E-state index contributed by atoms with van der Waals surface area (Å²) < 4.78 is 0. The third kappa shape index (κ3) is 3.35. The number of nitrogens with zero attached hydrogens (tertiary/aromatic N) is 1. The number of ketones is 1. The predicted octanol–water partition coefficient (Wildman–Crippen LogP) is 0.394. The fourth-order valence-electron chi connectivity index (χ4n) is 0.906. The molecule has 0 heterocycles. The zero-order valence-corrected chi connectivity index (χ0v) is 8.49. The molecule has 1 rings (SSSR count). The monoisotopic (exact) mass is 223 g/mol. The van der Waals surface area contributed by atoms with Crippen LogP contribution in [-0.2, 0) is 0 Å². The SMILES string of the molecule is NC(=S)N/N=C\C(=O)c1ccccc1O. The van der Waals surface area contributed by atoms with Gasteiger partial charge in [0.25, 0.3) is 0 Å². The highest BCUT2D eigenvalue weighted by Gasteiger charge is 2.06. The fourth-order valence-corrected chi connectivity index (χ4v) is 0.959. The number of hydrogen-bond acceptors (Lipinski definition) is 4. The lowest BCUT2D eigenvalue weighted by Crippen LogP contribution is -2.24. The van der Waals surface area contributed by atoms with Gasteiger partial charge in [-0.2, -0.15) is 5.10 Å². The van der Waals surface area contributed by atoms with Gasteiger partial charge in [-0.3, -0.25) is 10.2 Å². The van der Waals surface area contributed by atoms with E-state index in [-0.39, 0.29) is 16.4 Å². The Morgan fingerprint density at radius 1 is 1.53 bits per heavy atom. The van der Waals surface area contributed by atoms with Crippen LogP contribution in [0, 0.1) is 0 Å². The molecule has 0 aliphatic carbocycles. The number of nitrogens with two attached hydrogens (primary N) is 1. The number of phenols is 1. The topological polar surface area (TPSA) is 87.7 Å². The van der Waals surface area contributed by atoms with Gasteiger partial charge in [0.2, 0.25) is 5.78 Å². The van der Waals surface area contributed by atoms with E-state index in [4.69, 9.17) is 5.73 Å². The molecule has 0 unspecified atom stereocenters. The second-order valence-electron chi connectivity index (χ2n) is 2.62. The van der Waals surface area contributed by atoms with E-state index in [9.17, 15) is 9.90 Å². The molecule has 0 bridgehead atoms. The Kier molecular flexibility index (Phi) is 3.75. The van der Waals surface area contributed by atoms with Gasteiger partial charge in [-0.05, 0) is 24.4 Å². The maximum atomic E-state index is 11.4. The molecule has 0 amide bonds. The molecular weight excluding hydrogens is 214 g/mol. The fraction of sp³-hybridized carbons (Fsp3) is 0. The van der Waals surface area contributed by atoms with Crippen LogP contribution in [-0.4, -0.2) is 22.2 Å². The van der Waals surface area contributed by atoms with Crippen LogP contribution in [0.1, 0.15) is 10.4 Å². The molecule has 0 saturated carbocycles. The number of rotatable bonds is 3. The Labute approximate surface area is 91.6 Å². The van der Waals surface area contributed by atoms with Crippen molar-refractivity contribution in [3.63, 3.8) is 0 Å². The highest BCUT2D eigenvalue weighted by atomic mass is 32.1. The number of phenolic OH excluding ortho intramolecular Hbond substituents is 1. The molecule has 0 atom stereocenters. The molecule has 0 aromatic heterocycles. The van der Waals surface area contributed by atoms with Gasteiger partial charge < -0.3 is 10.8 Å². The van der Waals surface area contributed by atoms with E-state index in [1.54, 1.807) is 12.1 Å². The van der Waals surface area contributed by atoms with Crippen molar-refractivity contribution in [2.75, 3.05) is 0 Å². The van der Waals surface area contributed by atoms with E-state index < -0.39 is 5.78 Å². The van der Waals surface area contributed by atoms with Crippen molar-refractivity contribution >= 4 is 29.3 Å². The van der Waals surface area contributed by atoms with Crippen molar-refractivity contribution in [2.45, 2.75) is 0 Å². The molecule has 0 fully saturated rings. The second kappa shape index (κ2) is 5.06. The summed E-state index contributed by atoms with van der Waals surface area (Å²) in [5.41, 5.74) is 7.51.